The van der Waals surface area contributed by atoms with E-state index < -0.39 is 0 Å². The van der Waals surface area contributed by atoms with Crippen LogP contribution in [0.1, 0.15) is 25.6 Å². The van der Waals surface area contributed by atoms with E-state index in [4.69, 9.17) is 4.74 Å². The predicted molar refractivity (Wildman–Crippen MR) is 60.9 cm³/mol. The fourth-order valence-electron chi connectivity index (χ4n) is 1.33. The van der Waals surface area contributed by atoms with Crippen LogP contribution in [0.15, 0.2) is 12.4 Å². The Morgan fingerprint density at radius 1 is 1.40 bits per heavy atom. The van der Waals surface area contributed by atoms with Crippen LogP contribution in [0.3, 0.4) is 0 Å². The van der Waals surface area contributed by atoms with E-state index >= 15 is 0 Å². The lowest BCUT2D eigenvalue weighted by molar-refractivity contribution is 0.136. The number of hydrogen-bond donors (Lipinski definition) is 2. The molecule has 1 aromatic heterocycles. The van der Waals surface area contributed by atoms with Crippen molar-refractivity contribution in [3.8, 4) is 0 Å². The highest BCUT2D eigenvalue weighted by atomic mass is 16.5. The number of aryl methyl sites for hydroxylation is 1. The molecule has 1 heterocycles. The summed E-state index contributed by atoms with van der Waals surface area (Å²) in [5.74, 6) is 1.07. The molecule has 0 radical (unpaired) electrons. The summed E-state index contributed by atoms with van der Waals surface area (Å²) in [6.07, 6.45) is 6.87. The average molecular weight is 211 g/mol. The molecular weight excluding hydrogens is 190 g/mol. The SMILES string of the molecule is CCCOCCNCCCc1ncc[nH]1. The molecular formula is C11H21N3O. The van der Waals surface area contributed by atoms with Crippen LogP contribution in [0.25, 0.3) is 0 Å². The molecule has 0 spiro atoms. The normalized spacial score (nSPS) is 10.7. The van der Waals surface area contributed by atoms with Crippen LogP contribution in [0.2, 0.25) is 0 Å². The van der Waals surface area contributed by atoms with Gasteiger partial charge < -0.3 is 15.0 Å². The first-order valence-electron chi connectivity index (χ1n) is 5.70. The van der Waals surface area contributed by atoms with Crippen LogP contribution in [-0.2, 0) is 11.2 Å². The van der Waals surface area contributed by atoms with Gasteiger partial charge in [-0.15, -0.1) is 0 Å². The predicted octanol–water partition coefficient (Wildman–Crippen LogP) is 1.36. The highest BCUT2D eigenvalue weighted by molar-refractivity contribution is 4.86. The van der Waals surface area contributed by atoms with E-state index in [2.05, 4.69) is 22.2 Å². The van der Waals surface area contributed by atoms with Crippen LogP contribution >= 0.6 is 0 Å². The average Bonchev–Trinajstić information content (AvgIpc) is 2.75. The monoisotopic (exact) mass is 211 g/mol. The molecule has 0 aromatic carbocycles. The molecule has 15 heavy (non-hydrogen) atoms. The number of H-pyrrole nitrogens is 1. The first-order valence-corrected chi connectivity index (χ1v) is 5.70. The number of nitrogens with zero attached hydrogens (tertiary/aromatic N) is 1. The Kier molecular flexibility index (Phi) is 6.86. The van der Waals surface area contributed by atoms with E-state index in [0.29, 0.717) is 0 Å². The van der Waals surface area contributed by atoms with Gasteiger partial charge in [0.05, 0.1) is 6.61 Å². The highest BCUT2D eigenvalue weighted by Crippen LogP contribution is 1.92. The van der Waals surface area contributed by atoms with Crippen molar-refractivity contribution < 1.29 is 4.74 Å². The van der Waals surface area contributed by atoms with Gasteiger partial charge in [-0.1, -0.05) is 6.92 Å². The zero-order valence-electron chi connectivity index (χ0n) is 9.46. The van der Waals surface area contributed by atoms with Gasteiger partial charge in [-0.2, -0.15) is 0 Å². The first-order chi connectivity index (χ1) is 7.43. The Bertz CT molecular complexity index is 224. The Morgan fingerprint density at radius 2 is 2.33 bits per heavy atom. The van der Waals surface area contributed by atoms with Crippen molar-refractivity contribution in [1.29, 1.82) is 0 Å². The molecule has 86 valence electrons. The lowest BCUT2D eigenvalue weighted by atomic mass is 10.3. The van der Waals surface area contributed by atoms with Crippen molar-refractivity contribution in [1.82, 2.24) is 15.3 Å². The van der Waals surface area contributed by atoms with Gasteiger partial charge in [0.2, 0.25) is 0 Å². The summed E-state index contributed by atoms with van der Waals surface area (Å²) >= 11 is 0. The second-order valence-electron chi connectivity index (χ2n) is 3.50. The van der Waals surface area contributed by atoms with E-state index in [1.54, 1.807) is 6.20 Å². The lowest BCUT2D eigenvalue weighted by Gasteiger charge is -2.04. The number of imidazole rings is 1. The van der Waals surface area contributed by atoms with Crippen molar-refractivity contribution in [2.75, 3.05) is 26.3 Å². The van der Waals surface area contributed by atoms with E-state index in [1.807, 2.05) is 6.20 Å². The Hall–Kier alpha value is -0.870. The largest absolute Gasteiger partial charge is 0.380 e. The molecule has 0 fully saturated rings. The van der Waals surface area contributed by atoms with Crippen molar-refractivity contribution in [2.24, 2.45) is 0 Å². The zero-order valence-corrected chi connectivity index (χ0v) is 9.46. The molecule has 0 aliphatic rings. The number of rotatable bonds is 9. The summed E-state index contributed by atoms with van der Waals surface area (Å²) in [5.41, 5.74) is 0. The van der Waals surface area contributed by atoms with Crippen molar-refractivity contribution in [3.63, 3.8) is 0 Å². The van der Waals surface area contributed by atoms with Gasteiger partial charge in [0.15, 0.2) is 0 Å². The lowest BCUT2D eigenvalue weighted by Crippen LogP contribution is -2.21. The molecule has 0 saturated carbocycles. The minimum absolute atomic E-state index is 0.814. The van der Waals surface area contributed by atoms with E-state index in [9.17, 15) is 0 Å². The smallest absolute Gasteiger partial charge is 0.106 e. The summed E-state index contributed by atoms with van der Waals surface area (Å²) in [6.45, 7) is 5.77. The molecule has 0 aliphatic carbocycles. The second kappa shape index (κ2) is 8.44. The van der Waals surface area contributed by atoms with Gasteiger partial charge in [-0.25, -0.2) is 4.98 Å². The molecule has 0 saturated heterocycles. The maximum Gasteiger partial charge on any atom is 0.106 e. The standard InChI is InChI=1S/C11H21N3O/c1-2-9-15-10-8-12-5-3-4-11-13-6-7-14-11/h6-7,12H,2-5,8-10H2,1H3,(H,13,14). The molecule has 1 rings (SSSR count). The van der Waals surface area contributed by atoms with Crippen LogP contribution in [0.4, 0.5) is 0 Å². The molecule has 0 amide bonds. The molecule has 1 aromatic rings. The van der Waals surface area contributed by atoms with Crippen LogP contribution in [0, 0.1) is 0 Å². The minimum Gasteiger partial charge on any atom is -0.380 e. The third kappa shape index (κ3) is 6.25. The van der Waals surface area contributed by atoms with Gasteiger partial charge in [0.25, 0.3) is 0 Å². The van der Waals surface area contributed by atoms with Gasteiger partial charge in [0, 0.05) is 32.0 Å². The van der Waals surface area contributed by atoms with Gasteiger partial charge >= 0.3 is 0 Å². The summed E-state index contributed by atoms with van der Waals surface area (Å²) in [6, 6.07) is 0. The number of hydrogen-bond acceptors (Lipinski definition) is 3. The first kappa shape index (κ1) is 12.2. The molecule has 0 aliphatic heterocycles. The van der Waals surface area contributed by atoms with Crippen LogP contribution < -0.4 is 5.32 Å². The molecule has 0 unspecified atom stereocenters. The molecule has 2 N–H and O–H groups in total. The maximum absolute atomic E-state index is 5.35. The quantitative estimate of drug-likeness (QED) is 0.606. The number of aromatic nitrogens is 2. The maximum atomic E-state index is 5.35. The molecule has 4 heteroatoms. The summed E-state index contributed by atoms with van der Waals surface area (Å²) in [7, 11) is 0. The van der Waals surface area contributed by atoms with Crippen molar-refractivity contribution in [3.05, 3.63) is 18.2 Å². The molecule has 0 atom stereocenters. The molecule has 4 nitrogen and oxygen atoms in total. The fraction of sp³-hybridized carbons (Fsp3) is 0.727. The highest BCUT2D eigenvalue weighted by Gasteiger charge is 1.94. The number of ether oxygens (including phenoxy) is 1. The summed E-state index contributed by atoms with van der Waals surface area (Å²) < 4.78 is 5.35. The number of aromatic amines is 1. The number of nitrogens with one attached hydrogen (secondary N) is 2. The van der Waals surface area contributed by atoms with Gasteiger partial charge in [-0.05, 0) is 19.4 Å². The van der Waals surface area contributed by atoms with E-state index in [1.165, 1.54) is 0 Å². The minimum atomic E-state index is 0.814. The van der Waals surface area contributed by atoms with Gasteiger partial charge in [-0.3, -0.25) is 0 Å². The van der Waals surface area contributed by atoms with Crippen LogP contribution in [0.5, 0.6) is 0 Å². The fourth-order valence-corrected chi connectivity index (χ4v) is 1.33. The summed E-state index contributed by atoms with van der Waals surface area (Å²) in [5, 5.41) is 3.34. The third-order valence-corrected chi connectivity index (χ3v) is 2.09. The van der Waals surface area contributed by atoms with Crippen molar-refractivity contribution >= 4 is 0 Å². The molecule has 0 bridgehead atoms. The van der Waals surface area contributed by atoms with Crippen LogP contribution in [-0.4, -0.2) is 36.3 Å². The van der Waals surface area contributed by atoms with E-state index in [-0.39, 0.29) is 0 Å². The Morgan fingerprint density at radius 3 is 3.07 bits per heavy atom. The van der Waals surface area contributed by atoms with E-state index in [0.717, 1.165) is 51.4 Å². The van der Waals surface area contributed by atoms with Crippen molar-refractivity contribution in [2.45, 2.75) is 26.2 Å². The Balaban J connectivity index is 1.81. The summed E-state index contributed by atoms with van der Waals surface area (Å²) in [4.78, 5) is 7.26. The topological polar surface area (TPSA) is 49.9 Å². The third-order valence-electron chi connectivity index (χ3n) is 2.09. The second-order valence-corrected chi connectivity index (χ2v) is 3.50. The zero-order chi connectivity index (χ0) is 10.8. The Labute approximate surface area is 91.4 Å². The van der Waals surface area contributed by atoms with Gasteiger partial charge in [0.1, 0.15) is 5.82 Å².